The summed E-state index contributed by atoms with van der Waals surface area (Å²) < 4.78 is 6.15. The largest absolute Gasteiger partial charge is 0.382 e. The summed E-state index contributed by atoms with van der Waals surface area (Å²) in [6.07, 6.45) is 0. The highest BCUT2D eigenvalue weighted by atomic mass is 79.9. The Hall–Kier alpha value is -0.630. The molecule has 1 heterocycles. The Morgan fingerprint density at radius 1 is 1.72 bits per heavy atom. The monoisotopic (exact) mass is 334 g/mol. The number of thiophene rings is 1. The van der Waals surface area contributed by atoms with Gasteiger partial charge in [0.05, 0.1) is 19.2 Å². The highest BCUT2D eigenvalue weighted by Gasteiger charge is 2.09. The molecule has 0 aromatic carbocycles. The molecule has 18 heavy (non-hydrogen) atoms. The minimum absolute atomic E-state index is 0.0681. The number of ether oxygens (including phenoxy) is 1. The van der Waals surface area contributed by atoms with Crippen LogP contribution in [0.3, 0.4) is 0 Å². The molecule has 1 aromatic rings. The second-order valence-electron chi connectivity index (χ2n) is 3.99. The maximum Gasteiger partial charge on any atom is 0.208 e. The molecule has 1 atom stereocenters. The van der Waals surface area contributed by atoms with Gasteiger partial charge < -0.3 is 9.64 Å². The van der Waals surface area contributed by atoms with Crippen LogP contribution < -0.4 is 11.3 Å². The van der Waals surface area contributed by atoms with Gasteiger partial charge in [0.1, 0.15) is 0 Å². The first-order valence-electron chi connectivity index (χ1n) is 5.54. The van der Waals surface area contributed by atoms with Crippen molar-refractivity contribution in [1.29, 1.82) is 0 Å². The quantitative estimate of drug-likeness (QED) is 0.373. The summed E-state index contributed by atoms with van der Waals surface area (Å²) in [6, 6.07) is 2.16. The molecule has 0 saturated carbocycles. The Kier molecular flexibility index (Phi) is 6.62. The normalized spacial score (nSPS) is 13.5. The molecule has 7 heteroatoms. The van der Waals surface area contributed by atoms with Crippen LogP contribution in [-0.2, 0) is 11.3 Å². The summed E-state index contributed by atoms with van der Waals surface area (Å²) in [7, 11) is 3.61. The molecule has 1 unspecified atom stereocenters. The van der Waals surface area contributed by atoms with E-state index in [9.17, 15) is 0 Å². The number of hydrogen-bond donors (Lipinski definition) is 2. The van der Waals surface area contributed by atoms with Crippen molar-refractivity contribution in [3.8, 4) is 0 Å². The molecular weight excluding hydrogens is 316 g/mol. The van der Waals surface area contributed by atoms with Crippen molar-refractivity contribution >= 4 is 33.2 Å². The van der Waals surface area contributed by atoms with Crippen molar-refractivity contribution < 1.29 is 4.74 Å². The number of guanidine groups is 1. The molecule has 0 radical (unpaired) electrons. The van der Waals surface area contributed by atoms with Crippen LogP contribution in [0.2, 0.25) is 0 Å². The van der Waals surface area contributed by atoms with Crippen LogP contribution in [0.1, 0.15) is 11.8 Å². The zero-order chi connectivity index (χ0) is 13.5. The van der Waals surface area contributed by atoms with Crippen molar-refractivity contribution in [2.24, 2.45) is 10.8 Å². The van der Waals surface area contributed by atoms with Crippen LogP contribution >= 0.6 is 27.3 Å². The lowest BCUT2D eigenvalue weighted by Gasteiger charge is -2.21. The molecule has 0 aliphatic heterocycles. The molecule has 5 nitrogen and oxygen atoms in total. The van der Waals surface area contributed by atoms with Crippen LogP contribution in [0.15, 0.2) is 20.9 Å². The highest BCUT2D eigenvalue weighted by Crippen LogP contribution is 2.20. The molecular formula is C11H19BrN4OS. The fourth-order valence-corrected chi connectivity index (χ4v) is 2.98. The molecule has 0 fully saturated rings. The van der Waals surface area contributed by atoms with Crippen molar-refractivity contribution in [3.05, 3.63) is 20.8 Å². The Bertz CT molecular complexity index is 396. The van der Waals surface area contributed by atoms with Gasteiger partial charge in [0, 0.05) is 28.9 Å². The lowest BCUT2D eigenvalue weighted by atomic mass is 10.4. The Morgan fingerprint density at radius 3 is 2.94 bits per heavy atom. The van der Waals surface area contributed by atoms with E-state index in [1.807, 2.05) is 18.9 Å². The van der Waals surface area contributed by atoms with Crippen molar-refractivity contribution in [1.82, 2.24) is 10.3 Å². The van der Waals surface area contributed by atoms with E-state index < -0.39 is 0 Å². The number of aliphatic imine (C=N–C) groups is 1. The van der Waals surface area contributed by atoms with E-state index in [2.05, 4.69) is 37.8 Å². The van der Waals surface area contributed by atoms with E-state index in [-0.39, 0.29) is 6.04 Å². The molecule has 0 bridgehead atoms. The number of nitrogens with one attached hydrogen (secondary N) is 1. The van der Waals surface area contributed by atoms with Crippen LogP contribution in [0, 0.1) is 0 Å². The number of rotatable bonds is 5. The lowest BCUT2D eigenvalue weighted by Crippen LogP contribution is -2.43. The average Bonchev–Trinajstić information content (AvgIpc) is 2.72. The number of hydrazine groups is 1. The van der Waals surface area contributed by atoms with E-state index in [1.54, 1.807) is 18.4 Å². The number of methoxy groups -OCH3 is 1. The third kappa shape index (κ3) is 4.93. The van der Waals surface area contributed by atoms with E-state index in [0.29, 0.717) is 12.6 Å². The first-order valence-corrected chi connectivity index (χ1v) is 7.21. The summed E-state index contributed by atoms with van der Waals surface area (Å²) in [4.78, 5) is 7.68. The van der Waals surface area contributed by atoms with Gasteiger partial charge in [-0.3, -0.25) is 5.43 Å². The SMILES string of the molecule is COCC(C)N=C(NN)N(C)Cc1cc(Br)cs1. The standard InChI is InChI=1S/C11H19BrN4OS/c1-8(6-17-3)14-11(15-13)16(2)5-10-4-9(12)7-18-10/h4,7-8H,5-6,13H2,1-3H3,(H,14,15). The van der Waals surface area contributed by atoms with E-state index >= 15 is 0 Å². The van der Waals surface area contributed by atoms with Gasteiger partial charge in [-0.15, -0.1) is 11.3 Å². The fraction of sp³-hybridized carbons (Fsp3) is 0.545. The Balaban J connectivity index is 2.64. The van der Waals surface area contributed by atoms with Gasteiger partial charge in [-0.05, 0) is 28.9 Å². The van der Waals surface area contributed by atoms with Crippen LogP contribution in [-0.4, -0.2) is 37.7 Å². The topological polar surface area (TPSA) is 62.9 Å². The van der Waals surface area contributed by atoms with Gasteiger partial charge in [-0.25, -0.2) is 10.8 Å². The first-order chi connectivity index (χ1) is 8.56. The van der Waals surface area contributed by atoms with Crippen molar-refractivity contribution in [2.75, 3.05) is 20.8 Å². The third-order valence-electron chi connectivity index (χ3n) is 2.26. The summed E-state index contributed by atoms with van der Waals surface area (Å²) in [5.74, 6) is 6.16. The van der Waals surface area contributed by atoms with Gasteiger partial charge >= 0.3 is 0 Å². The molecule has 1 rings (SSSR count). The van der Waals surface area contributed by atoms with Gasteiger partial charge in [0.25, 0.3) is 0 Å². The minimum atomic E-state index is 0.0681. The second kappa shape index (κ2) is 7.73. The Labute approximate surface area is 120 Å². The number of hydrogen-bond acceptors (Lipinski definition) is 4. The predicted molar refractivity (Wildman–Crippen MR) is 79.6 cm³/mol. The highest BCUT2D eigenvalue weighted by molar-refractivity contribution is 9.10. The molecule has 102 valence electrons. The van der Waals surface area contributed by atoms with Gasteiger partial charge in [0.15, 0.2) is 0 Å². The first kappa shape index (κ1) is 15.4. The van der Waals surface area contributed by atoms with Crippen LogP contribution in [0.25, 0.3) is 0 Å². The van der Waals surface area contributed by atoms with Crippen LogP contribution in [0.4, 0.5) is 0 Å². The summed E-state index contributed by atoms with van der Waals surface area (Å²) in [5.41, 5.74) is 2.63. The van der Waals surface area contributed by atoms with E-state index in [0.717, 1.165) is 11.0 Å². The number of nitrogens with zero attached hydrogens (tertiary/aromatic N) is 2. The van der Waals surface area contributed by atoms with Gasteiger partial charge in [0.2, 0.25) is 5.96 Å². The Morgan fingerprint density at radius 2 is 2.44 bits per heavy atom. The van der Waals surface area contributed by atoms with Gasteiger partial charge in [-0.2, -0.15) is 0 Å². The minimum Gasteiger partial charge on any atom is -0.382 e. The van der Waals surface area contributed by atoms with Crippen molar-refractivity contribution in [2.45, 2.75) is 19.5 Å². The van der Waals surface area contributed by atoms with Crippen molar-refractivity contribution in [3.63, 3.8) is 0 Å². The zero-order valence-electron chi connectivity index (χ0n) is 10.8. The van der Waals surface area contributed by atoms with Crippen LogP contribution in [0.5, 0.6) is 0 Å². The molecule has 0 amide bonds. The number of nitrogens with two attached hydrogens (primary N) is 1. The predicted octanol–water partition coefficient (Wildman–Crippen LogP) is 1.80. The summed E-state index contributed by atoms with van der Waals surface area (Å²) in [6.45, 7) is 3.32. The molecule has 0 saturated heterocycles. The summed E-state index contributed by atoms with van der Waals surface area (Å²) >= 11 is 5.14. The maximum absolute atomic E-state index is 5.51. The third-order valence-corrected chi connectivity index (χ3v) is 3.94. The molecule has 0 spiro atoms. The molecule has 0 aliphatic carbocycles. The second-order valence-corrected chi connectivity index (χ2v) is 5.90. The van der Waals surface area contributed by atoms with Gasteiger partial charge in [-0.1, -0.05) is 0 Å². The lowest BCUT2D eigenvalue weighted by molar-refractivity contribution is 0.185. The number of halogens is 1. The summed E-state index contributed by atoms with van der Waals surface area (Å²) in [5, 5.41) is 2.06. The molecule has 0 aliphatic rings. The maximum atomic E-state index is 5.51. The smallest absolute Gasteiger partial charge is 0.208 e. The van der Waals surface area contributed by atoms with E-state index in [4.69, 9.17) is 10.6 Å². The zero-order valence-corrected chi connectivity index (χ0v) is 13.2. The molecule has 3 N–H and O–H groups in total. The van der Waals surface area contributed by atoms with E-state index in [1.165, 1.54) is 4.88 Å². The fourth-order valence-electron chi connectivity index (χ4n) is 1.48. The average molecular weight is 335 g/mol. The molecule has 1 aromatic heterocycles.